The minimum atomic E-state index is -0.424. The highest BCUT2D eigenvalue weighted by atomic mass is 35.5. The normalized spacial score (nSPS) is 15.0. The summed E-state index contributed by atoms with van der Waals surface area (Å²) in [5, 5.41) is 11.8. The van der Waals surface area contributed by atoms with E-state index in [1.165, 1.54) is 12.4 Å². The molecule has 0 spiro atoms. The molecule has 3 aromatic heterocycles. The summed E-state index contributed by atoms with van der Waals surface area (Å²) in [6.07, 6.45) is 7.81. The van der Waals surface area contributed by atoms with Crippen molar-refractivity contribution in [3.63, 3.8) is 0 Å². The first kappa shape index (κ1) is 21.4. The average molecular weight is 468 g/mol. The van der Waals surface area contributed by atoms with Gasteiger partial charge in [0.05, 0.1) is 23.4 Å². The lowest BCUT2D eigenvalue weighted by Crippen LogP contribution is -2.53. The quantitative estimate of drug-likeness (QED) is 0.477. The molecule has 170 valence electrons. The molecule has 4 heterocycles. The number of hydrogen-bond acceptors (Lipinski definition) is 4. The van der Waals surface area contributed by atoms with Crippen LogP contribution in [0.3, 0.4) is 0 Å². The Morgan fingerprint density at radius 1 is 1.24 bits per heavy atom. The zero-order valence-corrected chi connectivity index (χ0v) is 19.0. The molecule has 1 saturated heterocycles. The van der Waals surface area contributed by atoms with Gasteiger partial charge in [-0.15, -0.1) is 0 Å². The Labute approximate surface area is 195 Å². The summed E-state index contributed by atoms with van der Waals surface area (Å²) < 4.78 is 17.9. The highest BCUT2D eigenvalue weighted by Crippen LogP contribution is 2.31. The second-order valence-corrected chi connectivity index (χ2v) is 8.72. The van der Waals surface area contributed by atoms with E-state index in [9.17, 15) is 9.18 Å². The lowest BCUT2D eigenvalue weighted by atomic mass is 9.95. The van der Waals surface area contributed by atoms with Crippen LogP contribution in [0.4, 0.5) is 9.18 Å². The molecule has 1 fully saturated rings. The van der Waals surface area contributed by atoms with E-state index in [2.05, 4.69) is 20.5 Å². The van der Waals surface area contributed by atoms with Crippen LogP contribution in [0, 0.1) is 5.82 Å². The SMILES string of the molecule is CC[C@H](NC(=O)N1CC(c2ncnn3cc(-c4cnn(C)c4)cc23)C1)c1ccc(Cl)cc1F. The molecule has 1 N–H and O–H groups in total. The smallest absolute Gasteiger partial charge is 0.317 e. The van der Waals surface area contributed by atoms with Crippen LogP contribution in [0.25, 0.3) is 16.6 Å². The minimum absolute atomic E-state index is 0.102. The van der Waals surface area contributed by atoms with Gasteiger partial charge in [-0.3, -0.25) is 4.68 Å². The van der Waals surface area contributed by atoms with Crippen molar-refractivity contribution in [3.8, 4) is 11.1 Å². The number of urea groups is 1. The van der Waals surface area contributed by atoms with Crippen LogP contribution in [0.2, 0.25) is 5.02 Å². The summed E-state index contributed by atoms with van der Waals surface area (Å²) in [6.45, 7) is 2.97. The summed E-state index contributed by atoms with van der Waals surface area (Å²) in [5.41, 5.74) is 4.26. The third-order valence-corrected chi connectivity index (χ3v) is 6.31. The molecule has 8 nitrogen and oxygen atoms in total. The summed E-state index contributed by atoms with van der Waals surface area (Å²) >= 11 is 5.85. The molecule has 5 rings (SSSR count). The number of nitrogens with zero attached hydrogens (tertiary/aromatic N) is 6. The topological polar surface area (TPSA) is 80.3 Å². The second-order valence-electron chi connectivity index (χ2n) is 8.28. The Hall–Kier alpha value is -3.46. The van der Waals surface area contributed by atoms with Crippen LogP contribution in [0.15, 0.2) is 49.2 Å². The highest BCUT2D eigenvalue weighted by molar-refractivity contribution is 6.30. The molecule has 0 saturated carbocycles. The number of halogens is 2. The monoisotopic (exact) mass is 467 g/mol. The molecule has 33 heavy (non-hydrogen) atoms. The number of likely N-dealkylation sites (tertiary alicyclic amines) is 1. The van der Waals surface area contributed by atoms with E-state index in [-0.39, 0.29) is 11.9 Å². The van der Waals surface area contributed by atoms with E-state index in [4.69, 9.17) is 11.6 Å². The zero-order chi connectivity index (χ0) is 23.1. The number of benzene rings is 1. The van der Waals surface area contributed by atoms with Crippen LogP contribution in [0.1, 0.15) is 36.6 Å². The van der Waals surface area contributed by atoms with Gasteiger partial charge < -0.3 is 10.2 Å². The van der Waals surface area contributed by atoms with Gasteiger partial charge in [-0.1, -0.05) is 24.6 Å². The molecule has 1 aliphatic rings. The van der Waals surface area contributed by atoms with Crippen molar-refractivity contribution in [2.45, 2.75) is 25.3 Å². The van der Waals surface area contributed by atoms with Crippen molar-refractivity contribution < 1.29 is 9.18 Å². The van der Waals surface area contributed by atoms with Crippen molar-refractivity contribution in [1.29, 1.82) is 0 Å². The minimum Gasteiger partial charge on any atom is -0.331 e. The average Bonchev–Trinajstić information content (AvgIpc) is 3.38. The van der Waals surface area contributed by atoms with Gasteiger partial charge in [-0.2, -0.15) is 10.2 Å². The summed E-state index contributed by atoms with van der Waals surface area (Å²) in [4.78, 5) is 19.0. The maximum Gasteiger partial charge on any atom is 0.317 e. The van der Waals surface area contributed by atoms with Gasteiger partial charge >= 0.3 is 6.03 Å². The molecule has 4 aromatic rings. The van der Waals surface area contributed by atoms with Gasteiger partial charge in [0.2, 0.25) is 0 Å². The fraction of sp³-hybridized carbons (Fsp3) is 0.304. The van der Waals surface area contributed by atoms with Gasteiger partial charge in [-0.05, 0) is 24.6 Å². The molecular weight excluding hydrogens is 445 g/mol. The van der Waals surface area contributed by atoms with E-state index in [0.29, 0.717) is 30.1 Å². The van der Waals surface area contributed by atoms with Crippen molar-refractivity contribution in [1.82, 2.24) is 34.6 Å². The van der Waals surface area contributed by atoms with Gasteiger partial charge in [0.15, 0.2) is 0 Å². The van der Waals surface area contributed by atoms with E-state index in [0.717, 1.165) is 22.3 Å². The number of nitrogens with one attached hydrogen (secondary N) is 1. The standard InChI is InChI=1S/C23H23ClFN7O/c1-3-20(18-5-4-17(24)7-19(18)25)29-23(33)31-10-16(11-31)22-21-6-14(12-32(21)28-13-26-22)15-8-27-30(2)9-15/h4-9,12-13,16,20H,3,10-11H2,1-2H3,(H,29,33)/t20-/m0/s1. The first-order valence-electron chi connectivity index (χ1n) is 10.8. The van der Waals surface area contributed by atoms with Crippen molar-refractivity contribution in [2.24, 2.45) is 7.05 Å². The summed E-state index contributed by atoms with van der Waals surface area (Å²) in [5.74, 6) is -0.317. The predicted molar refractivity (Wildman–Crippen MR) is 122 cm³/mol. The number of hydrogen-bond donors (Lipinski definition) is 1. The number of rotatable bonds is 5. The molecule has 0 aliphatic carbocycles. The van der Waals surface area contributed by atoms with Gasteiger partial charge in [0.25, 0.3) is 0 Å². The van der Waals surface area contributed by atoms with E-state index in [1.54, 1.807) is 21.7 Å². The Bertz CT molecular complexity index is 1330. The van der Waals surface area contributed by atoms with Gasteiger partial charge in [-0.25, -0.2) is 18.7 Å². The summed E-state index contributed by atoms with van der Waals surface area (Å²) in [7, 11) is 1.88. The third kappa shape index (κ3) is 4.04. The number of fused-ring (bicyclic) bond motifs is 1. The largest absolute Gasteiger partial charge is 0.331 e. The molecule has 1 aromatic carbocycles. The number of carbonyl (C=O) groups excluding carboxylic acids is 1. The number of amides is 2. The van der Waals surface area contributed by atoms with Crippen LogP contribution >= 0.6 is 11.6 Å². The molecule has 1 aliphatic heterocycles. The lowest BCUT2D eigenvalue weighted by molar-refractivity contribution is 0.146. The molecule has 2 amide bonds. The molecule has 0 unspecified atom stereocenters. The first-order chi connectivity index (χ1) is 15.9. The Morgan fingerprint density at radius 2 is 2.06 bits per heavy atom. The van der Waals surface area contributed by atoms with Gasteiger partial charge in [0, 0.05) is 60.2 Å². The highest BCUT2D eigenvalue weighted by Gasteiger charge is 2.35. The molecule has 1 atom stereocenters. The molecule has 0 bridgehead atoms. The van der Waals surface area contributed by atoms with Gasteiger partial charge in [0.1, 0.15) is 12.1 Å². The molecular formula is C23H23ClFN7O. The van der Waals surface area contributed by atoms with Crippen LogP contribution < -0.4 is 5.32 Å². The third-order valence-electron chi connectivity index (χ3n) is 6.07. The fourth-order valence-corrected chi connectivity index (χ4v) is 4.39. The predicted octanol–water partition coefficient (Wildman–Crippen LogP) is 4.18. The number of aryl methyl sites for hydroxylation is 1. The first-order valence-corrected chi connectivity index (χ1v) is 11.1. The molecule has 10 heteroatoms. The van der Waals surface area contributed by atoms with Crippen molar-refractivity contribution in [3.05, 3.63) is 71.3 Å². The van der Waals surface area contributed by atoms with E-state index >= 15 is 0 Å². The van der Waals surface area contributed by atoms with Crippen LogP contribution in [0.5, 0.6) is 0 Å². The van der Waals surface area contributed by atoms with E-state index in [1.807, 2.05) is 43.1 Å². The van der Waals surface area contributed by atoms with Crippen LogP contribution in [-0.4, -0.2) is 48.4 Å². The second kappa shape index (κ2) is 8.47. The molecule has 0 radical (unpaired) electrons. The van der Waals surface area contributed by atoms with E-state index < -0.39 is 11.9 Å². The maximum atomic E-state index is 14.3. The Morgan fingerprint density at radius 3 is 2.76 bits per heavy atom. The zero-order valence-electron chi connectivity index (χ0n) is 18.2. The van der Waals surface area contributed by atoms with Crippen molar-refractivity contribution >= 4 is 23.1 Å². The number of aromatic nitrogens is 5. The maximum absolute atomic E-state index is 14.3. The Kier molecular flexibility index (Phi) is 5.49. The van der Waals surface area contributed by atoms with Crippen molar-refractivity contribution in [2.75, 3.05) is 13.1 Å². The fourth-order valence-electron chi connectivity index (χ4n) is 4.23. The Balaban J connectivity index is 1.29. The lowest BCUT2D eigenvalue weighted by Gasteiger charge is -2.39. The summed E-state index contributed by atoms with van der Waals surface area (Å²) in [6, 6.07) is 5.92. The van der Waals surface area contributed by atoms with Crippen LogP contribution in [-0.2, 0) is 7.05 Å². The number of carbonyl (C=O) groups is 1.